The zero-order valence-electron chi connectivity index (χ0n) is 16.2. The molecule has 6 heteroatoms. The molecule has 0 saturated heterocycles. The summed E-state index contributed by atoms with van der Waals surface area (Å²) in [6, 6.07) is 6.69. The van der Waals surface area contributed by atoms with E-state index in [0.29, 0.717) is 12.1 Å². The lowest BCUT2D eigenvalue weighted by Gasteiger charge is -2.32. The molecule has 1 aromatic carbocycles. The van der Waals surface area contributed by atoms with Crippen LogP contribution in [0.15, 0.2) is 24.3 Å². The number of hydrogen-bond donors (Lipinski definition) is 1. The Hall–Kier alpha value is -1.56. The predicted octanol–water partition coefficient (Wildman–Crippen LogP) is 3.77. The molecule has 1 fully saturated rings. The molecule has 0 bridgehead atoms. The Kier molecular flexibility index (Phi) is 7.50. The minimum atomic E-state index is -3.57. The second-order valence-corrected chi connectivity index (χ2v) is 9.23. The predicted molar refractivity (Wildman–Crippen MR) is 107 cm³/mol. The standard InChI is InChI=1S/C20H32N2O3S/c1-4-19(20(23)21-17-10-8-6-5-7-9-11-17)22(26(3,24)25)18-14-12-16(2)13-15-18/h12-15,17,19H,4-11H2,1-3H3,(H,21,23). The van der Waals surface area contributed by atoms with Crippen molar-refractivity contribution in [2.45, 2.75) is 77.3 Å². The lowest BCUT2D eigenvalue weighted by atomic mass is 9.96. The smallest absolute Gasteiger partial charge is 0.244 e. The lowest BCUT2D eigenvalue weighted by molar-refractivity contribution is -0.123. The van der Waals surface area contributed by atoms with Crippen molar-refractivity contribution in [2.24, 2.45) is 0 Å². The van der Waals surface area contributed by atoms with Gasteiger partial charge in [-0.05, 0) is 38.3 Å². The number of carbonyl (C=O) groups is 1. The molecule has 26 heavy (non-hydrogen) atoms. The highest BCUT2D eigenvalue weighted by Crippen LogP contribution is 2.24. The van der Waals surface area contributed by atoms with Crippen LogP contribution in [0.4, 0.5) is 5.69 Å². The highest BCUT2D eigenvalue weighted by atomic mass is 32.2. The maximum Gasteiger partial charge on any atom is 0.244 e. The van der Waals surface area contributed by atoms with Gasteiger partial charge in [-0.2, -0.15) is 0 Å². The summed E-state index contributed by atoms with van der Waals surface area (Å²) in [6.07, 6.45) is 9.48. The van der Waals surface area contributed by atoms with Crippen LogP contribution in [-0.4, -0.2) is 32.7 Å². The quantitative estimate of drug-likeness (QED) is 0.817. The molecule has 1 aliphatic rings. The molecule has 1 atom stereocenters. The third-order valence-corrected chi connectivity index (χ3v) is 6.25. The molecule has 1 aliphatic carbocycles. The lowest BCUT2D eigenvalue weighted by Crippen LogP contribution is -2.51. The molecule has 1 saturated carbocycles. The van der Waals surface area contributed by atoms with Crippen molar-refractivity contribution in [1.29, 1.82) is 0 Å². The monoisotopic (exact) mass is 380 g/mol. The maximum absolute atomic E-state index is 13.0. The van der Waals surface area contributed by atoms with E-state index in [1.165, 1.54) is 29.8 Å². The number of nitrogens with one attached hydrogen (secondary N) is 1. The van der Waals surface area contributed by atoms with Gasteiger partial charge in [0.2, 0.25) is 15.9 Å². The minimum Gasteiger partial charge on any atom is -0.352 e. The van der Waals surface area contributed by atoms with Crippen LogP contribution in [0.1, 0.15) is 63.9 Å². The SMILES string of the molecule is CCC(C(=O)NC1CCCCCCC1)N(c1ccc(C)cc1)S(C)(=O)=O. The first kappa shape index (κ1) is 20.7. The third kappa shape index (κ3) is 5.73. The van der Waals surface area contributed by atoms with Gasteiger partial charge in [0, 0.05) is 6.04 Å². The molecule has 1 amide bonds. The van der Waals surface area contributed by atoms with Gasteiger partial charge in [-0.3, -0.25) is 9.10 Å². The van der Waals surface area contributed by atoms with E-state index in [4.69, 9.17) is 0 Å². The summed E-state index contributed by atoms with van der Waals surface area (Å²) in [7, 11) is -3.57. The van der Waals surface area contributed by atoms with E-state index in [9.17, 15) is 13.2 Å². The number of amides is 1. The van der Waals surface area contributed by atoms with E-state index in [-0.39, 0.29) is 11.9 Å². The summed E-state index contributed by atoms with van der Waals surface area (Å²) in [4.78, 5) is 13.0. The number of hydrogen-bond acceptors (Lipinski definition) is 3. The van der Waals surface area contributed by atoms with Gasteiger partial charge in [0.15, 0.2) is 0 Å². The Morgan fingerprint density at radius 2 is 1.65 bits per heavy atom. The Bertz CT molecular complexity index is 678. The molecule has 0 spiro atoms. The summed E-state index contributed by atoms with van der Waals surface area (Å²) < 4.78 is 26.2. The van der Waals surface area contributed by atoms with E-state index in [2.05, 4.69) is 5.32 Å². The number of sulfonamides is 1. The normalized spacial score (nSPS) is 17.8. The van der Waals surface area contributed by atoms with Crippen molar-refractivity contribution in [2.75, 3.05) is 10.6 Å². The average molecular weight is 381 g/mol. The minimum absolute atomic E-state index is 0.149. The first-order valence-corrected chi connectivity index (χ1v) is 11.5. The van der Waals surface area contributed by atoms with Crippen LogP contribution >= 0.6 is 0 Å². The fraction of sp³-hybridized carbons (Fsp3) is 0.650. The van der Waals surface area contributed by atoms with Crippen molar-refractivity contribution in [3.63, 3.8) is 0 Å². The fourth-order valence-electron chi connectivity index (χ4n) is 3.65. The Morgan fingerprint density at radius 1 is 1.12 bits per heavy atom. The fourth-order valence-corrected chi connectivity index (χ4v) is 4.86. The number of carbonyl (C=O) groups excluding carboxylic acids is 1. The average Bonchev–Trinajstić information content (AvgIpc) is 2.54. The summed E-state index contributed by atoms with van der Waals surface area (Å²) in [5.74, 6) is -0.191. The maximum atomic E-state index is 13.0. The highest BCUT2D eigenvalue weighted by Gasteiger charge is 2.32. The van der Waals surface area contributed by atoms with Crippen LogP contribution in [0, 0.1) is 6.92 Å². The van der Waals surface area contributed by atoms with E-state index >= 15 is 0 Å². The van der Waals surface area contributed by atoms with Crippen LogP contribution in [0.2, 0.25) is 0 Å². The molecule has 1 N–H and O–H groups in total. The van der Waals surface area contributed by atoms with E-state index in [0.717, 1.165) is 31.2 Å². The molecule has 0 aromatic heterocycles. The number of nitrogens with zero attached hydrogens (tertiary/aromatic N) is 1. The Balaban J connectivity index is 2.20. The van der Waals surface area contributed by atoms with Crippen molar-refractivity contribution < 1.29 is 13.2 Å². The van der Waals surface area contributed by atoms with E-state index < -0.39 is 16.1 Å². The molecular weight excluding hydrogens is 348 g/mol. The van der Waals surface area contributed by atoms with Gasteiger partial charge in [0.05, 0.1) is 11.9 Å². The zero-order chi connectivity index (χ0) is 19.2. The molecule has 146 valence electrons. The van der Waals surface area contributed by atoms with E-state index in [1.54, 1.807) is 12.1 Å². The number of aryl methyl sites for hydroxylation is 1. The van der Waals surface area contributed by atoms with Gasteiger partial charge < -0.3 is 5.32 Å². The largest absolute Gasteiger partial charge is 0.352 e. The number of benzene rings is 1. The second-order valence-electron chi connectivity index (χ2n) is 7.37. The van der Waals surface area contributed by atoms with Crippen LogP contribution in [0.25, 0.3) is 0 Å². The van der Waals surface area contributed by atoms with Crippen molar-refractivity contribution in [1.82, 2.24) is 5.32 Å². The van der Waals surface area contributed by atoms with Gasteiger partial charge in [0.25, 0.3) is 0 Å². The second kappa shape index (κ2) is 9.40. The van der Waals surface area contributed by atoms with Gasteiger partial charge in [-0.1, -0.05) is 56.7 Å². The molecule has 0 heterocycles. The topological polar surface area (TPSA) is 66.5 Å². The van der Waals surface area contributed by atoms with Crippen molar-refractivity contribution in [3.05, 3.63) is 29.8 Å². The highest BCUT2D eigenvalue weighted by molar-refractivity contribution is 7.92. The zero-order valence-corrected chi connectivity index (χ0v) is 17.0. The van der Waals surface area contributed by atoms with E-state index in [1.807, 2.05) is 26.0 Å². The van der Waals surface area contributed by atoms with Crippen LogP contribution in [-0.2, 0) is 14.8 Å². The first-order chi connectivity index (χ1) is 12.3. The van der Waals surface area contributed by atoms with Gasteiger partial charge in [0.1, 0.15) is 6.04 Å². The summed E-state index contributed by atoms with van der Waals surface area (Å²) in [5.41, 5.74) is 1.59. The first-order valence-electron chi connectivity index (χ1n) is 9.69. The van der Waals surface area contributed by atoms with Crippen LogP contribution in [0.3, 0.4) is 0 Å². The summed E-state index contributed by atoms with van der Waals surface area (Å²) in [6.45, 7) is 3.81. The van der Waals surface area contributed by atoms with Gasteiger partial charge >= 0.3 is 0 Å². The molecule has 2 rings (SSSR count). The van der Waals surface area contributed by atoms with Crippen LogP contribution in [0.5, 0.6) is 0 Å². The number of anilines is 1. The van der Waals surface area contributed by atoms with Crippen molar-refractivity contribution >= 4 is 21.6 Å². The van der Waals surface area contributed by atoms with Gasteiger partial charge in [-0.25, -0.2) is 8.42 Å². The Labute approximate surface area is 158 Å². The molecule has 0 aliphatic heterocycles. The molecule has 1 unspecified atom stereocenters. The summed E-state index contributed by atoms with van der Waals surface area (Å²) >= 11 is 0. The van der Waals surface area contributed by atoms with Crippen LogP contribution < -0.4 is 9.62 Å². The molecular formula is C20H32N2O3S. The molecule has 5 nitrogen and oxygen atoms in total. The summed E-state index contributed by atoms with van der Waals surface area (Å²) in [5, 5.41) is 3.13. The third-order valence-electron chi connectivity index (χ3n) is 5.07. The Morgan fingerprint density at radius 3 is 2.15 bits per heavy atom. The molecule has 0 radical (unpaired) electrons. The molecule has 1 aromatic rings. The van der Waals surface area contributed by atoms with Crippen molar-refractivity contribution in [3.8, 4) is 0 Å². The number of rotatable bonds is 6. The van der Waals surface area contributed by atoms with Gasteiger partial charge in [-0.15, -0.1) is 0 Å².